The zero-order chi connectivity index (χ0) is 28.1. The number of halogens is 3. The van der Waals surface area contributed by atoms with Crippen LogP contribution in [-0.2, 0) is 24.6 Å². The van der Waals surface area contributed by atoms with Crippen molar-refractivity contribution in [2.24, 2.45) is 10.9 Å². The second kappa shape index (κ2) is 12.1. The zero-order valence-electron chi connectivity index (χ0n) is 19.9. The van der Waals surface area contributed by atoms with E-state index in [0.717, 1.165) is 17.0 Å². The van der Waals surface area contributed by atoms with Crippen molar-refractivity contribution < 1.29 is 39.5 Å². The van der Waals surface area contributed by atoms with E-state index >= 15 is 0 Å². The van der Waals surface area contributed by atoms with Gasteiger partial charge in [-0.2, -0.15) is 13.2 Å². The number of hydrogen-bond donors (Lipinski definition) is 3. The summed E-state index contributed by atoms with van der Waals surface area (Å²) in [5.41, 5.74) is -0.995. The minimum Gasteiger partial charge on any atom is -0.445 e. The Labute approximate surface area is 222 Å². The van der Waals surface area contributed by atoms with Crippen LogP contribution < -0.4 is 16.2 Å². The Bertz CT molecular complexity index is 1340. The lowest BCUT2D eigenvalue weighted by Gasteiger charge is -2.25. The molecule has 1 saturated heterocycles. The number of anilines is 1. The van der Waals surface area contributed by atoms with Gasteiger partial charge in [0.1, 0.15) is 11.0 Å². The summed E-state index contributed by atoms with van der Waals surface area (Å²) >= 11 is 1.41. The highest BCUT2D eigenvalue weighted by atomic mass is 32.2. The second-order valence-electron chi connectivity index (χ2n) is 8.55. The molecule has 1 heterocycles. The van der Waals surface area contributed by atoms with E-state index in [0.29, 0.717) is 44.3 Å². The fourth-order valence-electron chi connectivity index (χ4n) is 3.88. The van der Waals surface area contributed by atoms with Gasteiger partial charge in [0.2, 0.25) is 10.0 Å². The molecule has 2 aromatic rings. The van der Waals surface area contributed by atoms with E-state index in [4.69, 9.17) is 15.6 Å². The minimum atomic E-state index is -5.91. The molecular formula is C22H27F3N4O6S3. The molecule has 1 amide bonds. The number of ether oxygens (including phenoxy) is 1. The Balaban J connectivity index is 1.87. The standard InChI is InChI=1S/C22H27F3N4O6S3/c23-22(24,25)37(31,32)20-12-18(38(27,33)34)6-7-19(20)28-15(14-36-17-4-2-1-3-5-17)8-10-29-11-9-16(13-29)35-21(26)30/h1-7,12,15-16,28H,8-11,13-14H2,(H2,26,30)(H2,27,33,34)/t15-,16-/m1/s1. The van der Waals surface area contributed by atoms with E-state index in [-0.39, 0.29) is 6.10 Å². The summed E-state index contributed by atoms with van der Waals surface area (Å²) < 4.78 is 93.5. The molecule has 0 radical (unpaired) electrons. The molecule has 0 aromatic heterocycles. The number of primary sulfonamides is 1. The Morgan fingerprint density at radius 2 is 1.84 bits per heavy atom. The van der Waals surface area contributed by atoms with Crippen LogP contribution in [0.5, 0.6) is 0 Å². The van der Waals surface area contributed by atoms with Crippen molar-refractivity contribution in [3.63, 3.8) is 0 Å². The first-order valence-electron chi connectivity index (χ1n) is 11.3. The van der Waals surface area contributed by atoms with Crippen LogP contribution >= 0.6 is 11.8 Å². The topological polar surface area (TPSA) is 162 Å². The van der Waals surface area contributed by atoms with Crippen molar-refractivity contribution in [2.75, 3.05) is 30.7 Å². The Kier molecular flexibility index (Phi) is 9.57. The molecule has 2 aromatic carbocycles. The molecule has 0 saturated carbocycles. The first kappa shape index (κ1) is 30.0. The monoisotopic (exact) mass is 596 g/mol. The second-order valence-corrected chi connectivity index (χ2v) is 13.1. The molecule has 1 fully saturated rings. The summed E-state index contributed by atoms with van der Waals surface area (Å²) in [5.74, 6) is 0.349. The van der Waals surface area contributed by atoms with E-state index in [1.165, 1.54) is 11.8 Å². The number of carbonyl (C=O) groups excluding carboxylic acids is 1. The molecule has 0 aliphatic carbocycles. The molecule has 3 rings (SSSR count). The SMILES string of the molecule is NC(=O)O[C@@H]1CCN(CC[C@H](CSc2ccccc2)Nc2ccc(S(N)(=O)=O)cc2S(=O)(=O)C(F)(F)F)C1. The number of nitrogens with zero attached hydrogens (tertiary/aromatic N) is 1. The molecule has 10 nitrogen and oxygen atoms in total. The Hall–Kier alpha value is -2.53. The van der Waals surface area contributed by atoms with Gasteiger partial charge in [0.05, 0.1) is 10.6 Å². The number of nitrogens with two attached hydrogens (primary N) is 2. The molecule has 1 aliphatic rings. The van der Waals surface area contributed by atoms with Gasteiger partial charge in [-0.25, -0.2) is 26.8 Å². The van der Waals surface area contributed by atoms with Gasteiger partial charge in [0.15, 0.2) is 0 Å². The molecule has 2 atom stereocenters. The van der Waals surface area contributed by atoms with Gasteiger partial charge in [-0.05, 0) is 43.2 Å². The first-order valence-corrected chi connectivity index (χ1v) is 15.3. The number of hydrogen-bond acceptors (Lipinski definition) is 9. The Morgan fingerprint density at radius 1 is 1.16 bits per heavy atom. The summed E-state index contributed by atoms with van der Waals surface area (Å²) in [7, 11) is -10.4. The summed E-state index contributed by atoms with van der Waals surface area (Å²) in [6.07, 6.45) is -0.294. The number of carbonyl (C=O) groups is 1. The number of amides is 1. The predicted molar refractivity (Wildman–Crippen MR) is 136 cm³/mol. The maximum absolute atomic E-state index is 13.5. The minimum absolute atomic E-state index is 0.349. The maximum atomic E-state index is 13.5. The normalized spacial score (nSPS) is 17.7. The van der Waals surface area contributed by atoms with Crippen molar-refractivity contribution in [1.82, 2.24) is 4.90 Å². The molecule has 38 heavy (non-hydrogen) atoms. The highest BCUT2D eigenvalue weighted by Gasteiger charge is 2.48. The van der Waals surface area contributed by atoms with E-state index in [1.54, 1.807) is 0 Å². The number of nitrogens with one attached hydrogen (secondary N) is 1. The average Bonchev–Trinajstić information content (AvgIpc) is 3.26. The number of primary amides is 1. The molecular weight excluding hydrogens is 569 g/mol. The third-order valence-electron chi connectivity index (χ3n) is 5.74. The van der Waals surface area contributed by atoms with Crippen LogP contribution in [0, 0.1) is 0 Å². The quantitative estimate of drug-likeness (QED) is 0.331. The molecule has 0 unspecified atom stereocenters. The molecule has 0 bridgehead atoms. The number of thioether (sulfide) groups is 1. The van der Waals surface area contributed by atoms with Crippen LogP contribution in [0.1, 0.15) is 12.8 Å². The van der Waals surface area contributed by atoms with Crippen LogP contribution in [0.15, 0.2) is 63.2 Å². The smallest absolute Gasteiger partial charge is 0.445 e. The molecule has 5 N–H and O–H groups in total. The van der Waals surface area contributed by atoms with Crippen LogP contribution in [0.4, 0.5) is 23.7 Å². The molecule has 16 heteroatoms. The van der Waals surface area contributed by atoms with Gasteiger partial charge in [0.25, 0.3) is 9.84 Å². The third-order valence-corrected chi connectivity index (χ3v) is 9.35. The average molecular weight is 597 g/mol. The predicted octanol–water partition coefficient (Wildman–Crippen LogP) is 2.76. The highest BCUT2D eigenvalue weighted by molar-refractivity contribution is 7.99. The number of sulfonamides is 1. The van der Waals surface area contributed by atoms with E-state index in [1.807, 2.05) is 35.2 Å². The van der Waals surface area contributed by atoms with Gasteiger partial charge in [-0.1, -0.05) is 18.2 Å². The van der Waals surface area contributed by atoms with Gasteiger partial charge in [-0.3, -0.25) is 4.90 Å². The summed E-state index contributed by atoms with van der Waals surface area (Å²) in [5, 5.41) is 7.90. The number of likely N-dealkylation sites (tertiary alicyclic amines) is 1. The molecule has 0 spiro atoms. The first-order chi connectivity index (χ1) is 17.7. The van der Waals surface area contributed by atoms with Crippen LogP contribution in [0.2, 0.25) is 0 Å². The van der Waals surface area contributed by atoms with Crippen molar-refractivity contribution in [3.05, 3.63) is 48.5 Å². The Morgan fingerprint density at radius 3 is 2.45 bits per heavy atom. The summed E-state index contributed by atoms with van der Waals surface area (Å²) in [6, 6.07) is 11.0. The lowest BCUT2D eigenvalue weighted by Crippen LogP contribution is -2.33. The van der Waals surface area contributed by atoms with E-state index < -0.39 is 53.0 Å². The molecule has 1 aliphatic heterocycles. The van der Waals surface area contributed by atoms with Crippen LogP contribution in [0.25, 0.3) is 0 Å². The van der Waals surface area contributed by atoms with E-state index in [2.05, 4.69) is 5.32 Å². The summed E-state index contributed by atoms with van der Waals surface area (Å²) in [6.45, 7) is 1.49. The number of sulfone groups is 1. The number of rotatable bonds is 11. The third kappa shape index (κ3) is 7.99. The summed E-state index contributed by atoms with van der Waals surface area (Å²) in [4.78, 5) is 11.9. The van der Waals surface area contributed by atoms with Crippen molar-refractivity contribution in [3.8, 4) is 0 Å². The highest BCUT2D eigenvalue weighted by Crippen LogP contribution is 2.36. The van der Waals surface area contributed by atoms with Gasteiger partial charge in [0, 0.05) is 36.3 Å². The van der Waals surface area contributed by atoms with Crippen molar-refractivity contribution >= 4 is 43.4 Å². The van der Waals surface area contributed by atoms with Gasteiger partial charge < -0.3 is 15.8 Å². The largest absolute Gasteiger partial charge is 0.501 e. The van der Waals surface area contributed by atoms with Crippen molar-refractivity contribution in [2.45, 2.75) is 45.2 Å². The number of alkyl halides is 3. The molecule has 210 valence electrons. The van der Waals surface area contributed by atoms with Crippen molar-refractivity contribution in [1.29, 1.82) is 0 Å². The lowest BCUT2D eigenvalue weighted by molar-refractivity contribution is -0.0435. The van der Waals surface area contributed by atoms with E-state index in [9.17, 15) is 34.8 Å². The van der Waals surface area contributed by atoms with Crippen LogP contribution in [-0.4, -0.2) is 70.9 Å². The van der Waals surface area contributed by atoms with Gasteiger partial charge in [-0.15, -0.1) is 11.8 Å². The maximum Gasteiger partial charge on any atom is 0.501 e. The van der Waals surface area contributed by atoms with Gasteiger partial charge >= 0.3 is 11.6 Å². The fourth-order valence-corrected chi connectivity index (χ4v) is 6.43. The lowest BCUT2D eigenvalue weighted by atomic mass is 10.2. The van der Waals surface area contributed by atoms with Crippen LogP contribution in [0.3, 0.4) is 0 Å². The number of benzene rings is 2. The fraction of sp³-hybridized carbons (Fsp3) is 0.409. The zero-order valence-corrected chi connectivity index (χ0v) is 22.4.